The van der Waals surface area contributed by atoms with Gasteiger partial charge in [0.2, 0.25) is 0 Å². The minimum atomic E-state index is -0.873. The van der Waals surface area contributed by atoms with Crippen molar-refractivity contribution in [2.45, 2.75) is 60.0 Å². The Morgan fingerprint density at radius 2 is 1.94 bits per heavy atom. The van der Waals surface area contributed by atoms with E-state index in [-0.39, 0.29) is 11.5 Å². The monoisotopic (exact) mass is 248 g/mol. The van der Waals surface area contributed by atoms with Gasteiger partial charge in [-0.05, 0) is 23.8 Å². The molecule has 0 saturated carbocycles. The summed E-state index contributed by atoms with van der Waals surface area (Å²) in [7, 11) is 0. The van der Waals surface area contributed by atoms with E-state index in [0.29, 0.717) is 6.61 Å². The molecule has 0 aliphatic carbocycles. The van der Waals surface area contributed by atoms with E-state index in [1.807, 2.05) is 27.7 Å². The van der Waals surface area contributed by atoms with Crippen molar-refractivity contribution in [3.8, 4) is 0 Å². The summed E-state index contributed by atoms with van der Waals surface area (Å²) in [5, 5.41) is 4.30. The highest BCUT2D eigenvalue weighted by atomic mass is 17.5. The van der Waals surface area contributed by atoms with Gasteiger partial charge >= 0.3 is 6.16 Å². The molecule has 0 rings (SSSR count). The summed E-state index contributed by atoms with van der Waals surface area (Å²) in [6.07, 6.45) is 1.84. The first kappa shape index (κ1) is 16.2. The van der Waals surface area contributed by atoms with Crippen molar-refractivity contribution in [3.63, 3.8) is 0 Å². The summed E-state index contributed by atoms with van der Waals surface area (Å²) < 4.78 is 4.92. The van der Waals surface area contributed by atoms with E-state index >= 15 is 0 Å². The van der Waals surface area contributed by atoms with E-state index in [1.165, 1.54) is 0 Å². The maximum atomic E-state index is 11.1. The van der Waals surface area contributed by atoms with Crippen LogP contribution in [0.25, 0.3) is 0 Å². The van der Waals surface area contributed by atoms with Crippen LogP contribution in [0.2, 0.25) is 0 Å². The standard InChI is InChI=1S/C12H24O5/c1-6-7-8-10(2)15-11(13)16-17-14-9-12(3,4)5/h10H,6-9H2,1-5H3. The van der Waals surface area contributed by atoms with Crippen molar-refractivity contribution >= 4 is 6.16 Å². The molecular weight excluding hydrogens is 224 g/mol. The first-order valence-electron chi connectivity index (χ1n) is 6.02. The molecule has 0 aromatic heterocycles. The number of hydrogen-bond donors (Lipinski definition) is 0. The quantitative estimate of drug-likeness (QED) is 0.298. The van der Waals surface area contributed by atoms with Crippen LogP contribution in [0.1, 0.15) is 53.9 Å². The maximum Gasteiger partial charge on any atom is 0.542 e. The number of hydrogen-bond acceptors (Lipinski definition) is 5. The molecule has 17 heavy (non-hydrogen) atoms. The molecule has 0 amide bonds. The summed E-state index contributed by atoms with van der Waals surface area (Å²) in [5.74, 6) is 0. The second kappa shape index (κ2) is 8.31. The van der Waals surface area contributed by atoms with Gasteiger partial charge in [0.25, 0.3) is 0 Å². The topological polar surface area (TPSA) is 54.0 Å². The molecule has 0 radical (unpaired) electrons. The molecule has 1 unspecified atom stereocenters. The molecule has 0 aliphatic rings. The molecule has 0 N–H and O–H groups in total. The van der Waals surface area contributed by atoms with Gasteiger partial charge in [0.05, 0.1) is 6.61 Å². The molecule has 0 bridgehead atoms. The average molecular weight is 248 g/mol. The van der Waals surface area contributed by atoms with Crippen LogP contribution in [-0.2, 0) is 19.6 Å². The number of carbonyl (C=O) groups excluding carboxylic acids is 1. The molecule has 0 saturated heterocycles. The largest absolute Gasteiger partial charge is 0.542 e. The third-order valence-electron chi connectivity index (χ3n) is 1.90. The highest BCUT2D eigenvalue weighted by Gasteiger charge is 2.14. The predicted molar refractivity (Wildman–Crippen MR) is 63.0 cm³/mol. The van der Waals surface area contributed by atoms with Crippen molar-refractivity contribution in [2.75, 3.05) is 6.61 Å². The first-order valence-corrected chi connectivity index (χ1v) is 6.02. The number of ether oxygens (including phenoxy) is 1. The Kier molecular flexibility index (Phi) is 7.91. The lowest BCUT2D eigenvalue weighted by atomic mass is 9.99. The van der Waals surface area contributed by atoms with Gasteiger partial charge < -0.3 is 4.74 Å². The van der Waals surface area contributed by atoms with Crippen molar-refractivity contribution in [3.05, 3.63) is 0 Å². The molecule has 0 aromatic rings. The van der Waals surface area contributed by atoms with E-state index < -0.39 is 6.16 Å². The highest BCUT2D eigenvalue weighted by Crippen LogP contribution is 2.13. The molecular formula is C12H24O5. The van der Waals surface area contributed by atoms with Crippen molar-refractivity contribution in [2.24, 2.45) is 5.41 Å². The smallest absolute Gasteiger partial charge is 0.429 e. The SMILES string of the molecule is CCCCC(C)OC(=O)OOOCC(C)(C)C. The Labute approximate surface area is 103 Å². The summed E-state index contributed by atoms with van der Waals surface area (Å²) in [4.78, 5) is 20.1. The zero-order valence-electron chi connectivity index (χ0n) is 11.4. The zero-order valence-corrected chi connectivity index (χ0v) is 11.4. The van der Waals surface area contributed by atoms with E-state index in [0.717, 1.165) is 19.3 Å². The van der Waals surface area contributed by atoms with Gasteiger partial charge in [0.15, 0.2) is 0 Å². The van der Waals surface area contributed by atoms with Crippen LogP contribution >= 0.6 is 0 Å². The molecule has 0 aromatic carbocycles. The van der Waals surface area contributed by atoms with Gasteiger partial charge in [-0.1, -0.05) is 40.5 Å². The molecule has 5 nitrogen and oxygen atoms in total. The van der Waals surface area contributed by atoms with Gasteiger partial charge in [-0.3, -0.25) is 0 Å². The number of unbranched alkanes of at least 4 members (excludes halogenated alkanes) is 1. The maximum absolute atomic E-state index is 11.1. The van der Waals surface area contributed by atoms with E-state index in [4.69, 9.17) is 9.62 Å². The van der Waals surface area contributed by atoms with Crippen molar-refractivity contribution in [1.82, 2.24) is 0 Å². The van der Waals surface area contributed by atoms with Crippen LogP contribution in [0.3, 0.4) is 0 Å². The van der Waals surface area contributed by atoms with Gasteiger partial charge in [-0.25, -0.2) is 9.68 Å². The summed E-state index contributed by atoms with van der Waals surface area (Å²) in [6, 6.07) is 0. The van der Waals surface area contributed by atoms with Gasteiger partial charge in [0.1, 0.15) is 6.10 Å². The Morgan fingerprint density at radius 1 is 1.29 bits per heavy atom. The third kappa shape index (κ3) is 11.5. The molecule has 0 heterocycles. The highest BCUT2D eigenvalue weighted by molar-refractivity contribution is 5.59. The number of carbonyl (C=O) groups is 1. The van der Waals surface area contributed by atoms with E-state index in [2.05, 4.69) is 16.8 Å². The van der Waals surface area contributed by atoms with Gasteiger partial charge in [0, 0.05) is 0 Å². The Bertz CT molecular complexity index is 209. The van der Waals surface area contributed by atoms with Gasteiger partial charge in [-0.2, -0.15) is 4.89 Å². The predicted octanol–water partition coefficient (Wildman–Crippen LogP) is 3.63. The Hall–Kier alpha value is -0.810. The van der Waals surface area contributed by atoms with Crippen molar-refractivity contribution in [1.29, 1.82) is 0 Å². The molecule has 102 valence electrons. The van der Waals surface area contributed by atoms with Crippen LogP contribution < -0.4 is 0 Å². The lowest BCUT2D eigenvalue weighted by Crippen LogP contribution is -2.19. The second-order valence-electron chi connectivity index (χ2n) is 5.29. The zero-order chi connectivity index (χ0) is 13.3. The molecule has 1 atom stereocenters. The molecule has 0 fully saturated rings. The Morgan fingerprint density at radius 3 is 2.47 bits per heavy atom. The van der Waals surface area contributed by atoms with Gasteiger partial charge in [-0.15, -0.1) is 0 Å². The average Bonchev–Trinajstić information content (AvgIpc) is 2.20. The van der Waals surface area contributed by atoms with Crippen LogP contribution in [0.15, 0.2) is 0 Å². The summed E-state index contributed by atoms with van der Waals surface area (Å²) in [5.41, 5.74) is -0.0539. The third-order valence-corrected chi connectivity index (χ3v) is 1.90. The Balaban J connectivity index is 3.53. The van der Waals surface area contributed by atoms with Crippen molar-refractivity contribution < 1.29 is 24.3 Å². The summed E-state index contributed by atoms with van der Waals surface area (Å²) in [6.45, 7) is 10.1. The fourth-order valence-electron chi connectivity index (χ4n) is 0.987. The van der Waals surface area contributed by atoms with E-state index in [9.17, 15) is 4.79 Å². The lowest BCUT2D eigenvalue weighted by molar-refractivity contribution is -0.491. The second-order valence-corrected chi connectivity index (χ2v) is 5.29. The van der Waals surface area contributed by atoms with Crippen LogP contribution in [0, 0.1) is 5.41 Å². The minimum absolute atomic E-state index is 0.0539. The van der Waals surface area contributed by atoms with E-state index in [1.54, 1.807) is 0 Å². The van der Waals surface area contributed by atoms with Crippen LogP contribution in [-0.4, -0.2) is 18.9 Å². The fourth-order valence-corrected chi connectivity index (χ4v) is 0.987. The fraction of sp³-hybridized carbons (Fsp3) is 0.917. The first-order chi connectivity index (χ1) is 7.85. The lowest BCUT2D eigenvalue weighted by Gasteiger charge is -2.16. The summed E-state index contributed by atoms with van der Waals surface area (Å²) >= 11 is 0. The molecule has 0 spiro atoms. The molecule has 0 aliphatic heterocycles. The number of rotatable bonds is 7. The van der Waals surface area contributed by atoms with Crippen LogP contribution in [0.5, 0.6) is 0 Å². The minimum Gasteiger partial charge on any atom is -0.429 e. The normalized spacial score (nSPS) is 13.2. The van der Waals surface area contributed by atoms with Crippen LogP contribution in [0.4, 0.5) is 4.79 Å². The molecule has 5 heteroatoms.